The number of ketones is 1. The highest BCUT2D eigenvalue weighted by atomic mass is 16.1. The first kappa shape index (κ1) is 11.9. The third kappa shape index (κ3) is 2.76. The molecule has 0 radical (unpaired) electrons. The van der Waals surface area contributed by atoms with Crippen LogP contribution in [0.5, 0.6) is 0 Å². The molecule has 0 amide bonds. The first-order valence-electron chi connectivity index (χ1n) is 6.19. The Morgan fingerprint density at radius 1 is 1.35 bits per heavy atom. The van der Waals surface area contributed by atoms with Crippen LogP contribution < -0.4 is 4.90 Å². The van der Waals surface area contributed by atoms with E-state index in [1.165, 1.54) is 5.57 Å². The summed E-state index contributed by atoms with van der Waals surface area (Å²) in [6, 6.07) is 7.95. The zero-order valence-corrected chi connectivity index (χ0v) is 10.6. The lowest BCUT2D eigenvalue weighted by Gasteiger charge is -2.23. The summed E-state index contributed by atoms with van der Waals surface area (Å²) in [5, 5.41) is 0. The Labute approximate surface area is 103 Å². The maximum absolute atomic E-state index is 11.9. The van der Waals surface area contributed by atoms with E-state index in [9.17, 15) is 4.79 Å². The van der Waals surface area contributed by atoms with Crippen LogP contribution in [-0.2, 0) is 0 Å². The van der Waals surface area contributed by atoms with Gasteiger partial charge in [-0.3, -0.25) is 4.79 Å². The standard InChI is InChI=1S/C15H19NO/c1-12(2)9-11-16-10-5-8-15(17)13-6-3-4-7-14(13)16/h3-4,6-7,9H,5,8,10-11H2,1-2H3. The van der Waals surface area contributed by atoms with Crippen molar-refractivity contribution >= 4 is 11.5 Å². The summed E-state index contributed by atoms with van der Waals surface area (Å²) in [6.07, 6.45) is 3.83. The second kappa shape index (κ2) is 5.17. The number of carbonyl (C=O) groups excluding carboxylic acids is 1. The number of hydrogen-bond donors (Lipinski definition) is 0. The van der Waals surface area contributed by atoms with Crippen molar-refractivity contribution in [3.05, 3.63) is 41.5 Å². The molecule has 2 nitrogen and oxygen atoms in total. The first-order valence-corrected chi connectivity index (χ1v) is 6.19. The van der Waals surface area contributed by atoms with E-state index in [0.717, 1.165) is 30.8 Å². The number of rotatable bonds is 2. The van der Waals surface area contributed by atoms with Crippen LogP contribution in [-0.4, -0.2) is 18.9 Å². The Morgan fingerprint density at radius 2 is 2.12 bits per heavy atom. The molecule has 0 aliphatic carbocycles. The maximum Gasteiger partial charge on any atom is 0.165 e. The molecule has 0 unspecified atom stereocenters. The van der Waals surface area contributed by atoms with Crippen LogP contribution in [0.4, 0.5) is 5.69 Å². The molecule has 0 spiro atoms. The third-order valence-electron chi connectivity index (χ3n) is 3.10. The quantitative estimate of drug-likeness (QED) is 0.724. The Morgan fingerprint density at radius 3 is 2.88 bits per heavy atom. The number of allylic oxidation sites excluding steroid dienone is 1. The topological polar surface area (TPSA) is 20.3 Å². The highest BCUT2D eigenvalue weighted by Crippen LogP contribution is 2.25. The van der Waals surface area contributed by atoms with Crippen LogP contribution in [0.15, 0.2) is 35.9 Å². The van der Waals surface area contributed by atoms with Gasteiger partial charge in [0, 0.05) is 30.8 Å². The lowest BCUT2D eigenvalue weighted by molar-refractivity contribution is 0.0984. The summed E-state index contributed by atoms with van der Waals surface area (Å²) in [6.45, 7) is 6.07. The second-order valence-corrected chi connectivity index (χ2v) is 4.77. The predicted octanol–water partition coefficient (Wildman–Crippen LogP) is 3.44. The molecule has 1 aromatic carbocycles. The van der Waals surface area contributed by atoms with E-state index in [1.807, 2.05) is 18.2 Å². The van der Waals surface area contributed by atoms with Crippen LogP contribution in [0.1, 0.15) is 37.0 Å². The van der Waals surface area contributed by atoms with E-state index in [1.54, 1.807) is 0 Å². The van der Waals surface area contributed by atoms with E-state index in [0.29, 0.717) is 6.42 Å². The van der Waals surface area contributed by atoms with Gasteiger partial charge in [-0.1, -0.05) is 23.8 Å². The molecule has 90 valence electrons. The summed E-state index contributed by atoms with van der Waals surface area (Å²) < 4.78 is 0. The number of hydrogen-bond acceptors (Lipinski definition) is 2. The molecule has 0 bridgehead atoms. The van der Waals surface area contributed by atoms with Crippen molar-refractivity contribution in [1.29, 1.82) is 0 Å². The Bertz CT molecular complexity index is 444. The van der Waals surface area contributed by atoms with Crippen molar-refractivity contribution in [1.82, 2.24) is 0 Å². The average molecular weight is 229 g/mol. The largest absolute Gasteiger partial charge is 0.367 e. The van der Waals surface area contributed by atoms with Crippen molar-refractivity contribution in [3.63, 3.8) is 0 Å². The SMILES string of the molecule is CC(C)=CCN1CCCC(=O)c2ccccc21. The predicted molar refractivity (Wildman–Crippen MR) is 71.7 cm³/mol. The number of para-hydroxylation sites is 1. The summed E-state index contributed by atoms with van der Waals surface area (Å²) >= 11 is 0. The summed E-state index contributed by atoms with van der Waals surface area (Å²) in [5.74, 6) is 0.278. The summed E-state index contributed by atoms with van der Waals surface area (Å²) in [7, 11) is 0. The van der Waals surface area contributed by atoms with E-state index in [2.05, 4.69) is 30.9 Å². The number of benzene rings is 1. The lowest BCUT2D eigenvalue weighted by atomic mass is 10.1. The number of anilines is 1. The normalized spacial score (nSPS) is 15.2. The third-order valence-corrected chi connectivity index (χ3v) is 3.10. The molecule has 1 heterocycles. The van der Waals surface area contributed by atoms with Gasteiger partial charge in [0.2, 0.25) is 0 Å². The fourth-order valence-electron chi connectivity index (χ4n) is 2.15. The Kier molecular flexibility index (Phi) is 3.62. The van der Waals surface area contributed by atoms with Crippen molar-refractivity contribution in [3.8, 4) is 0 Å². The van der Waals surface area contributed by atoms with Gasteiger partial charge in [-0.25, -0.2) is 0 Å². The van der Waals surface area contributed by atoms with Gasteiger partial charge in [0.15, 0.2) is 5.78 Å². The molecule has 0 saturated carbocycles. The van der Waals surface area contributed by atoms with Crippen molar-refractivity contribution in [2.45, 2.75) is 26.7 Å². The van der Waals surface area contributed by atoms with Crippen LogP contribution in [0.25, 0.3) is 0 Å². The molecule has 2 rings (SSSR count). The zero-order chi connectivity index (χ0) is 12.3. The van der Waals surface area contributed by atoms with Gasteiger partial charge in [-0.05, 0) is 32.4 Å². The second-order valence-electron chi connectivity index (χ2n) is 4.77. The van der Waals surface area contributed by atoms with Crippen molar-refractivity contribution in [2.75, 3.05) is 18.0 Å². The van der Waals surface area contributed by atoms with Gasteiger partial charge < -0.3 is 4.90 Å². The Hall–Kier alpha value is -1.57. The molecule has 17 heavy (non-hydrogen) atoms. The zero-order valence-electron chi connectivity index (χ0n) is 10.6. The van der Waals surface area contributed by atoms with Gasteiger partial charge >= 0.3 is 0 Å². The number of carbonyl (C=O) groups is 1. The highest BCUT2D eigenvalue weighted by molar-refractivity contribution is 6.01. The molecule has 0 N–H and O–H groups in total. The van der Waals surface area contributed by atoms with E-state index >= 15 is 0 Å². The lowest BCUT2D eigenvalue weighted by Crippen LogP contribution is -2.24. The molecule has 1 aliphatic rings. The van der Waals surface area contributed by atoms with Crippen molar-refractivity contribution < 1.29 is 4.79 Å². The fraction of sp³-hybridized carbons (Fsp3) is 0.400. The van der Waals surface area contributed by atoms with Gasteiger partial charge in [0.25, 0.3) is 0 Å². The molecular weight excluding hydrogens is 210 g/mol. The molecule has 1 aromatic rings. The van der Waals surface area contributed by atoms with E-state index < -0.39 is 0 Å². The monoisotopic (exact) mass is 229 g/mol. The summed E-state index contributed by atoms with van der Waals surface area (Å²) in [5.41, 5.74) is 3.29. The molecule has 0 aromatic heterocycles. The Balaban J connectivity index is 2.32. The minimum Gasteiger partial charge on any atom is -0.367 e. The number of nitrogens with zero attached hydrogens (tertiary/aromatic N) is 1. The van der Waals surface area contributed by atoms with Crippen LogP contribution in [0.2, 0.25) is 0 Å². The fourth-order valence-corrected chi connectivity index (χ4v) is 2.15. The highest BCUT2D eigenvalue weighted by Gasteiger charge is 2.19. The van der Waals surface area contributed by atoms with Crippen LogP contribution in [0.3, 0.4) is 0 Å². The number of fused-ring (bicyclic) bond motifs is 1. The average Bonchev–Trinajstić information content (AvgIpc) is 2.47. The maximum atomic E-state index is 11.9. The van der Waals surface area contributed by atoms with Crippen LogP contribution >= 0.6 is 0 Å². The molecule has 1 aliphatic heterocycles. The van der Waals surface area contributed by atoms with Gasteiger partial charge in [0.1, 0.15) is 0 Å². The van der Waals surface area contributed by atoms with Gasteiger partial charge in [-0.15, -0.1) is 0 Å². The van der Waals surface area contributed by atoms with E-state index in [-0.39, 0.29) is 5.78 Å². The molecule has 0 atom stereocenters. The molecule has 2 heteroatoms. The minimum atomic E-state index is 0.278. The molecule has 0 fully saturated rings. The van der Waals surface area contributed by atoms with Crippen LogP contribution in [0, 0.1) is 0 Å². The van der Waals surface area contributed by atoms with Crippen molar-refractivity contribution in [2.24, 2.45) is 0 Å². The molecule has 0 saturated heterocycles. The first-order chi connectivity index (χ1) is 8.18. The van der Waals surface area contributed by atoms with Gasteiger partial charge in [0.05, 0.1) is 0 Å². The van der Waals surface area contributed by atoms with E-state index in [4.69, 9.17) is 0 Å². The minimum absolute atomic E-state index is 0.278. The summed E-state index contributed by atoms with van der Waals surface area (Å²) in [4.78, 5) is 14.2. The smallest absolute Gasteiger partial charge is 0.165 e. The number of Topliss-reactive ketones (excluding diaryl/α,β-unsaturated/α-hetero) is 1. The van der Waals surface area contributed by atoms with Gasteiger partial charge in [-0.2, -0.15) is 0 Å². The molecular formula is C15H19NO.